The molecular weight excluding hydrogens is 496 g/mol. The van der Waals surface area contributed by atoms with E-state index in [0.717, 1.165) is 0 Å². The van der Waals surface area contributed by atoms with Crippen LogP contribution in [-0.2, 0) is 21.7 Å². The van der Waals surface area contributed by atoms with Gasteiger partial charge in [0, 0.05) is 0 Å². The van der Waals surface area contributed by atoms with Crippen molar-refractivity contribution in [3.8, 4) is 0 Å². The van der Waals surface area contributed by atoms with E-state index in [1.807, 2.05) is 0 Å². The van der Waals surface area contributed by atoms with Gasteiger partial charge in [-0.2, -0.15) is 22.3 Å². The van der Waals surface area contributed by atoms with Crippen LogP contribution < -0.4 is 20.7 Å². The Balaban J connectivity index is 0.00000228. The molecule has 0 saturated carbocycles. The van der Waals surface area contributed by atoms with Gasteiger partial charge in [-0.3, -0.25) is 0 Å². The summed E-state index contributed by atoms with van der Waals surface area (Å²) in [4.78, 5) is 0. The third-order valence-corrected chi connectivity index (χ3v) is 13.9. The molecule has 0 N–H and O–H groups in total. The van der Waals surface area contributed by atoms with Gasteiger partial charge in [0.2, 0.25) is 0 Å². The van der Waals surface area contributed by atoms with Crippen LogP contribution in [0.15, 0.2) is 54.6 Å². The van der Waals surface area contributed by atoms with E-state index in [-0.39, 0.29) is 36.6 Å². The normalized spacial score (nSPS) is 10.9. The van der Waals surface area contributed by atoms with Crippen molar-refractivity contribution in [2.75, 3.05) is 0 Å². The van der Waals surface area contributed by atoms with Gasteiger partial charge in [-0.25, -0.2) is 0 Å². The van der Waals surface area contributed by atoms with E-state index in [1.54, 1.807) is 15.6 Å². The Kier molecular flexibility index (Phi) is 10.9. The zero-order valence-electron chi connectivity index (χ0n) is 25.2. The molecule has 0 atom stereocenters. The monoisotopic (exact) mass is 541 g/mol. The number of benzene rings is 3. The van der Waals surface area contributed by atoms with E-state index >= 15 is 0 Å². The minimum absolute atomic E-state index is 0. The topological polar surface area (TPSA) is 0 Å². The minimum Gasteiger partial charge on any atom is -0.358 e. The van der Waals surface area contributed by atoms with Crippen molar-refractivity contribution < 1.29 is 21.7 Å². The molecule has 0 unspecified atom stereocenters. The van der Waals surface area contributed by atoms with Crippen molar-refractivity contribution in [2.24, 2.45) is 0 Å². The Bertz CT molecular complexity index is 1270. The van der Waals surface area contributed by atoms with Crippen LogP contribution in [0.25, 0.3) is 0 Å². The first-order valence-corrected chi connectivity index (χ1v) is 14.5. The maximum atomic E-state index is 2.49. The van der Waals surface area contributed by atoms with Crippen LogP contribution in [0.2, 0.25) is 0 Å². The summed E-state index contributed by atoms with van der Waals surface area (Å²) < 4.78 is 0. The largest absolute Gasteiger partial charge is 3.00 e. The Labute approximate surface area is 243 Å². The molecule has 0 saturated heterocycles. The van der Waals surface area contributed by atoms with Gasteiger partial charge in [0.05, 0.1) is 0 Å². The predicted octanol–water partition coefficient (Wildman–Crippen LogP) is 6.77. The molecule has 0 amide bonds. The zero-order valence-corrected chi connectivity index (χ0v) is 27.8. The van der Waals surface area contributed by atoms with Gasteiger partial charge in [0.15, 0.2) is 0 Å². The molecule has 4 rings (SSSR count). The van der Waals surface area contributed by atoms with Crippen molar-refractivity contribution in [3.63, 3.8) is 0 Å². The van der Waals surface area contributed by atoms with Gasteiger partial charge >= 0.3 is 21.7 Å². The standard InChI is InChI=1S/C33H39Si.2CH3.Ti/c1-20-17-21(2)19-30(18-20)34(31-22(3)13-11-14-23(31)4,32-24(5)15-12-16-25(32)6)33-28(9)26(7)27(8)29(33)10;;;/h11-19H,1-10H3;2*1H3;/q3*-1;+3. The van der Waals surface area contributed by atoms with E-state index in [2.05, 4.69) is 124 Å². The Morgan fingerprint density at radius 2 is 0.838 bits per heavy atom. The molecule has 0 nitrogen and oxygen atoms in total. The summed E-state index contributed by atoms with van der Waals surface area (Å²) in [6.07, 6.45) is 0. The summed E-state index contributed by atoms with van der Waals surface area (Å²) in [5.41, 5.74) is 14.2. The molecule has 0 bridgehead atoms. The summed E-state index contributed by atoms with van der Waals surface area (Å²) in [5, 5.41) is 6.24. The maximum Gasteiger partial charge on any atom is 3.00 e. The molecule has 1 radical (unpaired) electrons. The number of hydrogen-bond donors (Lipinski definition) is 0. The molecule has 37 heavy (non-hydrogen) atoms. The van der Waals surface area contributed by atoms with Crippen LogP contribution in [0.5, 0.6) is 0 Å². The van der Waals surface area contributed by atoms with E-state index in [1.165, 1.54) is 60.8 Å². The average Bonchev–Trinajstić information content (AvgIpc) is 2.94. The number of aryl methyl sites for hydroxylation is 6. The summed E-state index contributed by atoms with van der Waals surface area (Å²) in [6, 6.07) is 21.1. The molecule has 0 aliphatic carbocycles. The molecule has 0 spiro atoms. The molecule has 0 aromatic heterocycles. The maximum absolute atomic E-state index is 2.64. The fourth-order valence-corrected chi connectivity index (χ4v) is 13.3. The Morgan fingerprint density at radius 3 is 1.16 bits per heavy atom. The van der Waals surface area contributed by atoms with Gasteiger partial charge in [-0.1, -0.05) is 131 Å². The van der Waals surface area contributed by atoms with Gasteiger partial charge in [0.1, 0.15) is 8.07 Å². The van der Waals surface area contributed by atoms with Crippen molar-refractivity contribution in [1.82, 2.24) is 0 Å². The fraction of sp³-hybridized carbons (Fsp3) is 0.286. The van der Waals surface area contributed by atoms with Crippen LogP contribution in [0.3, 0.4) is 0 Å². The van der Waals surface area contributed by atoms with Crippen molar-refractivity contribution >= 4 is 28.8 Å². The van der Waals surface area contributed by atoms with Gasteiger partial charge in [0.25, 0.3) is 0 Å². The molecule has 4 aromatic rings. The molecule has 0 fully saturated rings. The first kappa shape index (κ1) is 33.0. The quantitative estimate of drug-likeness (QED) is 0.152. The summed E-state index contributed by atoms with van der Waals surface area (Å²) in [5.74, 6) is 0. The van der Waals surface area contributed by atoms with Gasteiger partial charge in [-0.05, 0) is 41.5 Å². The second-order valence-electron chi connectivity index (χ2n) is 10.5. The molecule has 0 aliphatic heterocycles. The number of rotatable bonds is 4. The third kappa shape index (κ3) is 5.16. The van der Waals surface area contributed by atoms with Crippen molar-refractivity contribution in [1.29, 1.82) is 0 Å². The predicted molar refractivity (Wildman–Crippen MR) is 166 cm³/mol. The van der Waals surface area contributed by atoms with E-state index in [4.69, 9.17) is 0 Å². The first-order valence-electron chi connectivity index (χ1n) is 12.5. The second kappa shape index (κ2) is 12.2. The van der Waals surface area contributed by atoms with Crippen molar-refractivity contribution in [3.05, 3.63) is 125 Å². The summed E-state index contributed by atoms with van der Waals surface area (Å²) in [7, 11) is -2.64. The minimum atomic E-state index is -2.64. The van der Waals surface area contributed by atoms with Crippen molar-refractivity contribution in [2.45, 2.75) is 69.2 Å². The van der Waals surface area contributed by atoms with E-state index in [0.29, 0.717) is 0 Å². The molecule has 4 aromatic carbocycles. The van der Waals surface area contributed by atoms with E-state index < -0.39 is 8.07 Å². The Morgan fingerprint density at radius 1 is 0.514 bits per heavy atom. The van der Waals surface area contributed by atoms with Crippen LogP contribution in [0, 0.1) is 84.1 Å². The summed E-state index contributed by atoms with van der Waals surface area (Å²) >= 11 is 0. The van der Waals surface area contributed by atoms with Gasteiger partial charge in [-0.15, -0.1) is 5.19 Å². The Hall–Kier alpha value is -2.06. The molecule has 193 valence electrons. The smallest absolute Gasteiger partial charge is 0.358 e. The number of hydrogen-bond acceptors (Lipinski definition) is 0. The third-order valence-electron chi connectivity index (χ3n) is 8.18. The summed E-state index contributed by atoms with van der Waals surface area (Å²) in [6.45, 7) is 23.2. The molecular formula is C35H45SiTi. The van der Waals surface area contributed by atoms with Crippen LogP contribution >= 0.6 is 0 Å². The zero-order chi connectivity index (χ0) is 24.9. The van der Waals surface area contributed by atoms with Crippen LogP contribution in [0.4, 0.5) is 0 Å². The molecule has 0 heterocycles. The SMILES string of the molecule is Cc1cc(C)cc([Si](c2c(C)cccc2C)(c2c(C)cccc2C)[c-]2c(C)c(C)c(C)c2C)c1.[CH3-].[CH3-].[Ti+3]. The fourth-order valence-electron chi connectivity index (χ4n) is 6.59. The molecule has 2 heteroatoms. The molecule has 0 aliphatic rings. The second-order valence-corrected chi connectivity index (χ2v) is 14.1. The average molecular weight is 542 g/mol. The van der Waals surface area contributed by atoms with Gasteiger partial charge < -0.3 is 14.9 Å². The first-order chi connectivity index (χ1) is 16.0. The van der Waals surface area contributed by atoms with Crippen LogP contribution in [-0.4, -0.2) is 8.07 Å². The van der Waals surface area contributed by atoms with E-state index in [9.17, 15) is 0 Å². The van der Waals surface area contributed by atoms with Crippen LogP contribution in [0.1, 0.15) is 55.6 Å².